The molecule has 2 aromatic rings. The van der Waals surface area contributed by atoms with Crippen LogP contribution in [0, 0.1) is 6.92 Å². The van der Waals surface area contributed by atoms with Crippen molar-refractivity contribution in [2.75, 3.05) is 25.2 Å². The van der Waals surface area contributed by atoms with Gasteiger partial charge in [-0.15, -0.1) is 23.5 Å². The van der Waals surface area contributed by atoms with Gasteiger partial charge in [0.1, 0.15) is 5.75 Å². The summed E-state index contributed by atoms with van der Waals surface area (Å²) in [5, 5.41) is 0.626. The molecule has 3 rings (SSSR count). The Morgan fingerprint density at radius 2 is 1.85 bits per heavy atom. The molecule has 1 fully saturated rings. The van der Waals surface area contributed by atoms with Crippen molar-refractivity contribution in [3.8, 4) is 17.2 Å². The van der Waals surface area contributed by atoms with E-state index in [2.05, 4.69) is 0 Å². The molecule has 0 saturated carbocycles. The lowest BCUT2D eigenvalue weighted by Crippen LogP contribution is -2.18. The Morgan fingerprint density at radius 1 is 1.12 bits per heavy atom. The number of thioether (sulfide) groups is 2. The molecule has 0 radical (unpaired) electrons. The quantitative estimate of drug-likeness (QED) is 0.486. The second-order valence-electron chi connectivity index (χ2n) is 5.66. The Morgan fingerprint density at radius 3 is 2.54 bits per heavy atom. The first-order chi connectivity index (χ1) is 12.6. The van der Waals surface area contributed by atoms with Crippen molar-refractivity contribution in [2.24, 2.45) is 0 Å². The van der Waals surface area contributed by atoms with Crippen LogP contribution in [-0.2, 0) is 4.79 Å². The normalized spacial score (nSPS) is 14.3. The minimum absolute atomic E-state index is 0.193. The predicted molar refractivity (Wildman–Crippen MR) is 108 cm³/mol. The van der Waals surface area contributed by atoms with Gasteiger partial charge in [-0.05, 0) is 48.4 Å². The zero-order valence-electron chi connectivity index (χ0n) is 14.5. The summed E-state index contributed by atoms with van der Waals surface area (Å²) in [6.45, 7) is 1.68. The van der Waals surface area contributed by atoms with E-state index >= 15 is 0 Å². The number of halogens is 1. The molecule has 0 aliphatic carbocycles. The largest absolute Gasteiger partial charge is 0.493 e. The number of carbonyl (C=O) groups is 1. The summed E-state index contributed by atoms with van der Waals surface area (Å²) in [6.07, 6.45) is 0. The number of ether oxygens (including phenoxy) is 3. The third-order valence-corrected chi connectivity index (χ3v) is 7.13. The topological polar surface area (TPSA) is 44.8 Å². The van der Waals surface area contributed by atoms with Crippen molar-refractivity contribution in [2.45, 2.75) is 11.5 Å². The molecule has 0 aromatic heterocycles. The van der Waals surface area contributed by atoms with E-state index in [1.54, 1.807) is 31.4 Å². The molecule has 4 nitrogen and oxygen atoms in total. The molecule has 0 unspecified atom stereocenters. The number of methoxy groups -OCH3 is 1. The lowest BCUT2D eigenvalue weighted by atomic mass is 10.2. The molecule has 1 aliphatic heterocycles. The summed E-state index contributed by atoms with van der Waals surface area (Å²) in [4.78, 5) is 12.1. The fraction of sp³-hybridized carbons (Fsp3) is 0.316. The molecule has 1 aliphatic rings. The maximum atomic E-state index is 12.1. The van der Waals surface area contributed by atoms with Crippen molar-refractivity contribution >= 4 is 41.1 Å². The van der Waals surface area contributed by atoms with Gasteiger partial charge in [-0.1, -0.05) is 17.7 Å². The van der Waals surface area contributed by atoms with Crippen LogP contribution in [0.3, 0.4) is 0 Å². The second-order valence-corrected chi connectivity index (χ2v) is 8.82. The lowest BCUT2D eigenvalue weighted by molar-refractivity contribution is -0.136. The smallest absolute Gasteiger partial charge is 0.349 e. The van der Waals surface area contributed by atoms with Crippen molar-refractivity contribution in [3.63, 3.8) is 0 Å². The van der Waals surface area contributed by atoms with E-state index in [0.717, 1.165) is 17.1 Å². The van der Waals surface area contributed by atoms with Gasteiger partial charge in [0.05, 0.1) is 11.7 Å². The first-order valence-electron chi connectivity index (χ1n) is 8.07. The van der Waals surface area contributed by atoms with Crippen LogP contribution in [0.25, 0.3) is 0 Å². The molecule has 1 heterocycles. The highest BCUT2D eigenvalue weighted by atomic mass is 35.5. The Hall–Kier alpha value is -1.50. The Bertz CT molecular complexity index is 791. The first kappa shape index (κ1) is 19.3. The highest BCUT2D eigenvalue weighted by molar-refractivity contribution is 8.19. The molecular weight excluding hydrogens is 392 g/mol. The van der Waals surface area contributed by atoms with Crippen LogP contribution in [0.4, 0.5) is 0 Å². The molecule has 0 N–H and O–H groups in total. The fourth-order valence-electron chi connectivity index (χ4n) is 2.53. The predicted octanol–water partition coefficient (Wildman–Crippen LogP) is 5.12. The minimum atomic E-state index is -0.491. The Kier molecular flexibility index (Phi) is 6.62. The Balaban J connectivity index is 1.62. The van der Waals surface area contributed by atoms with Gasteiger partial charge < -0.3 is 14.2 Å². The maximum Gasteiger partial charge on any atom is 0.349 e. The standard InChI is InChI=1S/C19H19ClO4S2/c1-12-9-14(20)4-6-15(12)23-11-18(21)24-16-5-3-13(10-17(16)22-2)19-25-7-8-26-19/h3-6,9-10,19H,7-8,11H2,1-2H3. The van der Waals surface area contributed by atoms with Crippen LogP contribution >= 0.6 is 35.1 Å². The lowest BCUT2D eigenvalue weighted by Gasteiger charge is -2.14. The van der Waals surface area contributed by atoms with E-state index in [1.165, 1.54) is 5.56 Å². The molecule has 2 aromatic carbocycles. The van der Waals surface area contributed by atoms with Crippen molar-refractivity contribution in [1.29, 1.82) is 0 Å². The molecule has 7 heteroatoms. The summed E-state index contributed by atoms with van der Waals surface area (Å²) in [7, 11) is 1.57. The molecule has 1 saturated heterocycles. The fourth-order valence-corrected chi connectivity index (χ4v) is 5.59. The van der Waals surface area contributed by atoms with Gasteiger partial charge in [-0.2, -0.15) is 0 Å². The average Bonchev–Trinajstić information content (AvgIpc) is 3.16. The molecule has 138 valence electrons. The summed E-state index contributed by atoms with van der Waals surface area (Å²) in [5.41, 5.74) is 2.03. The van der Waals surface area contributed by atoms with Crippen LogP contribution < -0.4 is 14.2 Å². The molecule has 0 amide bonds. The number of rotatable bonds is 6. The van der Waals surface area contributed by atoms with E-state index in [-0.39, 0.29) is 6.61 Å². The number of esters is 1. The summed E-state index contributed by atoms with van der Waals surface area (Å²) < 4.78 is 16.7. The van der Waals surface area contributed by atoms with Gasteiger partial charge in [0, 0.05) is 16.5 Å². The average molecular weight is 411 g/mol. The van der Waals surface area contributed by atoms with Gasteiger partial charge in [-0.25, -0.2) is 4.79 Å². The monoisotopic (exact) mass is 410 g/mol. The van der Waals surface area contributed by atoms with E-state index in [1.807, 2.05) is 42.6 Å². The van der Waals surface area contributed by atoms with Gasteiger partial charge in [0.2, 0.25) is 0 Å². The van der Waals surface area contributed by atoms with Gasteiger partial charge >= 0.3 is 5.97 Å². The molecular formula is C19H19ClO4S2. The van der Waals surface area contributed by atoms with E-state index < -0.39 is 5.97 Å². The molecule has 26 heavy (non-hydrogen) atoms. The van der Waals surface area contributed by atoms with Crippen LogP contribution in [0.1, 0.15) is 15.7 Å². The van der Waals surface area contributed by atoms with Crippen LogP contribution in [-0.4, -0.2) is 31.2 Å². The molecule has 0 spiro atoms. The SMILES string of the molecule is COc1cc(C2SCCS2)ccc1OC(=O)COc1ccc(Cl)cc1C. The second kappa shape index (κ2) is 8.93. The van der Waals surface area contributed by atoms with E-state index in [4.69, 9.17) is 25.8 Å². The van der Waals surface area contributed by atoms with Crippen molar-refractivity contribution < 1.29 is 19.0 Å². The zero-order valence-corrected chi connectivity index (χ0v) is 16.9. The van der Waals surface area contributed by atoms with Crippen LogP contribution in [0.5, 0.6) is 17.2 Å². The van der Waals surface area contributed by atoms with Gasteiger partial charge in [0.25, 0.3) is 0 Å². The molecule has 0 bridgehead atoms. The number of benzene rings is 2. The van der Waals surface area contributed by atoms with Gasteiger partial charge in [0.15, 0.2) is 18.1 Å². The van der Waals surface area contributed by atoms with E-state index in [9.17, 15) is 4.79 Å². The number of aryl methyl sites for hydroxylation is 1. The third-order valence-electron chi connectivity index (χ3n) is 3.79. The maximum absolute atomic E-state index is 12.1. The molecule has 0 atom stereocenters. The number of hydrogen-bond donors (Lipinski definition) is 0. The zero-order chi connectivity index (χ0) is 18.5. The first-order valence-corrected chi connectivity index (χ1v) is 10.5. The van der Waals surface area contributed by atoms with Crippen LogP contribution in [0.15, 0.2) is 36.4 Å². The third kappa shape index (κ3) is 4.81. The summed E-state index contributed by atoms with van der Waals surface area (Å²) >= 11 is 9.74. The number of carbonyl (C=O) groups excluding carboxylic acids is 1. The highest BCUT2D eigenvalue weighted by Crippen LogP contribution is 2.46. The van der Waals surface area contributed by atoms with E-state index in [0.29, 0.717) is 26.9 Å². The summed E-state index contributed by atoms with van der Waals surface area (Å²) in [5.74, 6) is 3.35. The minimum Gasteiger partial charge on any atom is -0.493 e. The highest BCUT2D eigenvalue weighted by Gasteiger charge is 2.20. The Labute approximate surface area is 166 Å². The van der Waals surface area contributed by atoms with Crippen molar-refractivity contribution in [1.82, 2.24) is 0 Å². The van der Waals surface area contributed by atoms with Crippen LogP contribution in [0.2, 0.25) is 5.02 Å². The summed E-state index contributed by atoms with van der Waals surface area (Å²) in [6, 6.07) is 10.9. The van der Waals surface area contributed by atoms with Crippen molar-refractivity contribution in [3.05, 3.63) is 52.5 Å². The number of hydrogen-bond acceptors (Lipinski definition) is 6. The van der Waals surface area contributed by atoms with Gasteiger partial charge in [-0.3, -0.25) is 0 Å².